The first-order valence-electron chi connectivity index (χ1n) is 6.72. The predicted octanol–water partition coefficient (Wildman–Crippen LogP) is 2.62. The van der Waals surface area contributed by atoms with Gasteiger partial charge in [-0.05, 0) is 17.7 Å². The Morgan fingerprint density at radius 1 is 1.36 bits per heavy atom. The van der Waals surface area contributed by atoms with Gasteiger partial charge in [-0.15, -0.1) is 0 Å². The molecule has 1 aliphatic heterocycles. The molecule has 0 saturated carbocycles. The fourth-order valence-electron chi connectivity index (χ4n) is 2.12. The van der Waals surface area contributed by atoms with Crippen LogP contribution >= 0.6 is 11.8 Å². The van der Waals surface area contributed by atoms with E-state index in [1.807, 2.05) is 0 Å². The SMILES string of the molecule is O=C(C=C(c1ccccc1)C(F)(F)F)NCC1(O)CCSC1. The van der Waals surface area contributed by atoms with E-state index in [-0.39, 0.29) is 12.1 Å². The number of alkyl halides is 3. The monoisotopic (exact) mass is 331 g/mol. The Kier molecular flexibility index (Phi) is 5.18. The molecule has 120 valence electrons. The molecule has 1 aromatic rings. The zero-order chi connectivity index (χ0) is 16.2. The van der Waals surface area contributed by atoms with Crippen LogP contribution in [0.1, 0.15) is 12.0 Å². The van der Waals surface area contributed by atoms with Gasteiger partial charge in [0.15, 0.2) is 0 Å². The van der Waals surface area contributed by atoms with E-state index in [4.69, 9.17) is 0 Å². The lowest BCUT2D eigenvalue weighted by atomic mass is 10.0. The number of carbonyl (C=O) groups is 1. The van der Waals surface area contributed by atoms with Crippen LogP contribution in [0.4, 0.5) is 13.2 Å². The largest absolute Gasteiger partial charge is 0.417 e. The van der Waals surface area contributed by atoms with E-state index >= 15 is 0 Å². The van der Waals surface area contributed by atoms with Gasteiger partial charge in [0.25, 0.3) is 0 Å². The second-order valence-corrected chi connectivity index (χ2v) is 6.27. The van der Waals surface area contributed by atoms with Crippen molar-refractivity contribution in [1.82, 2.24) is 5.32 Å². The van der Waals surface area contributed by atoms with Gasteiger partial charge in [-0.3, -0.25) is 4.79 Å². The molecule has 2 N–H and O–H groups in total. The third-order valence-corrected chi connectivity index (χ3v) is 4.57. The Morgan fingerprint density at radius 2 is 2.05 bits per heavy atom. The molecule has 1 fully saturated rings. The molecule has 2 rings (SSSR count). The number of nitrogens with one attached hydrogen (secondary N) is 1. The second kappa shape index (κ2) is 6.75. The van der Waals surface area contributed by atoms with E-state index in [2.05, 4.69) is 5.32 Å². The smallest absolute Gasteiger partial charge is 0.387 e. The van der Waals surface area contributed by atoms with Crippen molar-refractivity contribution in [1.29, 1.82) is 0 Å². The summed E-state index contributed by atoms with van der Waals surface area (Å²) in [6, 6.07) is 7.16. The summed E-state index contributed by atoms with van der Waals surface area (Å²) < 4.78 is 39.2. The maximum atomic E-state index is 13.1. The number of hydrogen-bond acceptors (Lipinski definition) is 3. The zero-order valence-electron chi connectivity index (χ0n) is 11.7. The summed E-state index contributed by atoms with van der Waals surface area (Å²) in [6.45, 7) is -0.0464. The highest BCUT2D eigenvalue weighted by Crippen LogP contribution is 2.33. The maximum Gasteiger partial charge on any atom is 0.417 e. The minimum Gasteiger partial charge on any atom is -0.387 e. The summed E-state index contributed by atoms with van der Waals surface area (Å²) in [5, 5.41) is 12.4. The van der Waals surface area contributed by atoms with Crippen molar-refractivity contribution in [3.8, 4) is 0 Å². The van der Waals surface area contributed by atoms with E-state index < -0.39 is 23.3 Å². The van der Waals surface area contributed by atoms with E-state index in [9.17, 15) is 23.1 Å². The highest BCUT2D eigenvalue weighted by atomic mass is 32.2. The molecule has 0 spiro atoms. The average molecular weight is 331 g/mol. The quantitative estimate of drug-likeness (QED) is 0.834. The molecule has 0 radical (unpaired) electrons. The van der Waals surface area contributed by atoms with Crippen LogP contribution < -0.4 is 5.32 Å². The Morgan fingerprint density at radius 3 is 2.59 bits per heavy atom. The first-order chi connectivity index (χ1) is 10.3. The van der Waals surface area contributed by atoms with E-state index in [0.29, 0.717) is 18.2 Å². The molecule has 3 nitrogen and oxygen atoms in total. The average Bonchev–Trinajstić information content (AvgIpc) is 2.90. The fraction of sp³-hybridized carbons (Fsp3) is 0.400. The van der Waals surface area contributed by atoms with Crippen LogP contribution in [-0.2, 0) is 4.79 Å². The van der Waals surface area contributed by atoms with Crippen molar-refractivity contribution >= 4 is 23.2 Å². The molecule has 1 saturated heterocycles. The predicted molar refractivity (Wildman–Crippen MR) is 80.4 cm³/mol. The van der Waals surface area contributed by atoms with Gasteiger partial charge in [0.05, 0.1) is 11.2 Å². The lowest BCUT2D eigenvalue weighted by Gasteiger charge is -2.21. The Balaban J connectivity index is 2.10. The lowest BCUT2D eigenvalue weighted by molar-refractivity contribution is -0.118. The van der Waals surface area contributed by atoms with Gasteiger partial charge in [-0.1, -0.05) is 30.3 Å². The first-order valence-corrected chi connectivity index (χ1v) is 7.88. The zero-order valence-corrected chi connectivity index (χ0v) is 12.5. The number of amides is 1. The van der Waals surface area contributed by atoms with E-state index in [1.165, 1.54) is 24.3 Å². The van der Waals surface area contributed by atoms with Crippen LogP contribution in [-0.4, -0.2) is 40.8 Å². The summed E-state index contributed by atoms with van der Waals surface area (Å²) in [7, 11) is 0. The number of allylic oxidation sites excluding steroid dienone is 1. The molecule has 1 aromatic carbocycles. The molecule has 1 atom stereocenters. The Hall–Kier alpha value is -1.47. The molecule has 0 aromatic heterocycles. The summed E-state index contributed by atoms with van der Waals surface area (Å²) in [5.41, 5.74) is -2.10. The van der Waals surface area contributed by atoms with Crippen LogP contribution in [0, 0.1) is 0 Å². The number of thioether (sulfide) groups is 1. The highest BCUT2D eigenvalue weighted by Gasteiger charge is 2.36. The summed E-state index contributed by atoms with van der Waals surface area (Å²) >= 11 is 1.55. The van der Waals surface area contributed by atoms with Gasteiger partial charge >= 0.3 is 6.18 Å². The summed E-state index contributed by atoms with van der Waals surface area (Å²) in [5.74, 6) is 0.392. The first kappa shape index (κ1) is 16.9. The van der Waals surface area contributed by atoms with Crippen LogP contribution in [0.3, 0.4) is 0 Å². The van der Waals surface area contributed by atoms with Crippen LogP contribution in [0.25, 0.3) is 5.57 Å². The number of halogens is 3. The third-order valence-electron chi connectivity index (χ3n) is 3.34. The number of carbonyl (C=O) groups excluding carboxylic acids is 1. The van der Waals surface area contributed by atoms with Crippen molar-refractivity contribution in [3.63, 3.8) is 0 Å². The normalized spacial score (nSPS) is 22.6. The van der Waals surface area contributed by atoms with Crippen LogP contribution in [0.15, 0.2) is 36.4 Å². The number of rotatable bonds is 4. The van der Waals surface area contributed by atoms with E-state index in [0.717, 1.165) is 5.75 Å². The van der Waals surface area contributed by atoms with Crippen molar-refractivity contribution in [2.45, 2.75) is 18.2 Å². The lowest BCUT2D eigenvalue weighted by Crippen LogP contribution is -2.42. The molecular weight excluding hydrogens is 315 g/mol. The van der Waals surface area contributed by atoms with Crippen molar-refractivity contribution < 1.29 is 23.1 Å². The van der Waals surface area contributed by atoms with Crippen molar-refractivity contribution in [2.24, 2.45) is 0 Å². The number of benzene rings is 1. The minimum atomic E-state index is -4.63. The Bertz CT molecular complexity index is 552. The van der Waals surface area contributed by atoms with Crippen LogP contribution in [0.2, 0.25) is 0 Å². The van der Waals surface area contributed by atoms with Crippen molar-refractivity contribution in [3.05, 3.63) is 42.0 Å². The molecule has 0 aliphatic carbocycles. The van der Waals surface area contributed by atoms with Gasteiger partial charge in [0.1, 0.15) is 0 Å². The minimum absolute atomic E-state index is 0.0464. The summed E-state index contributed by atoms with van der Waals surface area (Å²) in [4.78, 5) is 11.8. The van der Waals surface area contributed by atoms with Crippen molar-refractivity contribution in [2.75, 3.05) is 18.1 Å². The topological polar surface area (TPSA) is 49.3 Å². The van der Waals surface area contributed by atoms with Gasteiger partial charge in [-0.2, -0.15) is 24.9 Å². The molecule has 1 unspecified atom stereocenters. The Labute approximate surface area is 130 Å². The number of hydrogen-bond donors (Lipinski definition) is 2. The summed E-state index contributed by atoms with van der Waals surface area (Å²) in [6.07, 6.45) is -3.56. The molecule has 0 bridgehead atoms. The molecular formula is C15H16F3NO2S. The molecule has 1 heterocycles. The molecule has 22 heavy (non-hydrogen) atoms. The fourth-order valence-corrected chi connectivity index (χ4v) is 3.41. The van der Waals surface area contributed by atoms with Gasteiger partial charge in [-0.25, -0.2) is 0 Å². The third kappa shape index (κ3) is 4.51. The maximum absolute atomic E-state index is 13.1. The van der Waals surface area contributed by atoms with Crippen LogP contribution in [0.5, 0.6) is 0 Å². The van der Waals surface area contributed by atoms with Gasteiger partial charge in [0, 0.05) is 18.4 Å². The molecule has 1 amide bonds. The van der Waals surface area contributed by atoms with E-state index in [1.54, 1.807) is 17.8 Å². The standard InChI is InChI=1S/C15H16F3NO2S/c16-15(17,18)12(11-4-2-1-3-5-11)8-13(20)19-9-14(21)6-7-22-10-14/h1-5,8,21H,6-7,9-10H2,(H,19,20). The molecule has 1 aliphatic rings. The second-order valence-electron chi connectivity index (χ2n) is 5.17. The highest BCUT2D eigenvalue weighted by molar-refractivity contribution is 7.99. The molecule has 7 heteroatoms. The van der Waals surface area contributed by atoms with Gasteiger partial charge < -0.3 is 10.4 Å². The van der Waals surface area contributed by atoms with Gasteiger partial charge in [0.2, 0.25) is 5.91 Å². The number of aliphatic hydroxyl groups is 1.